The fourth-order valence-corrected chi connectivity index (χ4v) is 4.21. The average molecular weight is 505 g/mol. The maximum Gasteiger partial charge on any atom is 0.258 e. The molecule has 10 heteroatoms. The minimum atomic E-state index is -0.298. The maximum atomic E-state index is 12.9. The molecule has 3 aromatic carbocycles. The molecule has 0 bridgehead atoms. The number of carbonyl (C=O) groups is 1. The predicted octanol–water partition coefficient (Wildman–Crippen LogP) is 4.81. The highest BCUT2D eigenvalue weighted by molar-refractivity contribution is 7.80. The lowest BCUT2D eigenvalue weighted by molar-refractivity contribution is -0.122. The molecule has 0 saturated carbocycles. The van der Waals surface area contributed by atoms with Gasteiger partial charge in [-0.1, -0.05) is 41.9 Å². The van der Waals surface area contributed by atoms with E-state index in [4.69, 9.17) is 38.5 Å². The molecule has 5 rings (SSSR count). The number of nitrogens with one attached hydrogen (secondary N) is 3. The molecule has 8 nitrogen and oxygen atoms in total. The molecule has 0 radical (unpaired) electrons. The summed E-state index contributed by atoms with van der Waals surface area (Å²) in [6.07, 6.45) is 0. The number of para-hydroxylation sites is 3. The minimum absolute atomic E-state index is 0.0168. The Morgan fingerprint density at radius 1 is 1.03 bits per heavy atom. The van der Waals surface area contributed by atoms with Crippen molar-refractivity contribution in [3.05, 3.63) is 71.8 Å². The van der Waals surface area contributed by atoms with E-state index in [-0.39, 0.29) is 17.6 Å². The van der Waals surface area contributed by atoms with Crippen LogP contribution in [-0.4, -0.2) is 32.2 Å². The van der Waals surface area contributed by atoms with Gasteiger partial charge in [0.15, 0.2) is 10.8 Å². The lowest BCUT2D eigenvalue weighted by Crippen LogP contribution is -2.45. The van der Waals surface area contributed by atoms with Gasteiger partial charge >= 0.3 is 0 Å². The Kier molecular flexibility index (Phi) is 6.35. The molecule has 0 aliphatic rings. The Balaban J connectivity index is 1.37. The fourth-order valence-electron chi connectivity index (χ4n) is 3.88. The molecule has 0 unspecified atom stereocenters. The topological polar surface area (TPSA) is 93.1 Å². The molecule has 2 aromatic heterocycles. The number of hydrazine groups is 1. The third-order valence-electron chi connectivity index (χ3n) is 5.37. The van der Waals surface area contributed by atoms with Crippen molar-refractivity contribution < 1.29 is 9.53 Å². The van der Waals surface area contributed by atoms with Crippen molar-refractivity contribution in [1.29, 1.82) is 0 Å². The smallest absolute Gasteiger partial charge is 0.258 e. The zero-order valence-electron chi connectivity index (χ0n) is 18.7. The van der Waals surface area contributed by atoms with Gasteiger partial charge in [0, 0.05) is 10.4 Å². The molecule has 3 N–H and O–H groups in total. The van der Waals surface area contributed by atoms with Crippen LogP contribution in [0.25, 0.3) is 33.1 Å². The Labute approximate surface area is 211 Å². The van der Waals surface area contributed by atoms with Crippen LogP contribution in [0.5, 0.6) is 5.75 Å². The molecule has 5 aromatic rings. The molecule has 0 atom stereocenters. The molecule has 0 fully saturated rings. The molecule has 0 aliphatic heterocycles. The monoisotopic (exact) mass is 504 g/mol. The number of rotatable bonds is 5. The van der Waals surface area contributed by atoms with Gasteiger partial charge in [0.2, 0.25) is 0 Å². The number of thiocarbonyl (C=S) groups is 1. The van der Waals surface area contributed by atoms with Gasteiger partial charge in [-0.15, -0.1) is 0 Å². The van der Waals surface area contributed by atoms with Crippen LogP contribution in [0.15, 0.2) is 66.7 Å². The Morgan fingerprint density at radius 2 is 1.83 bits per heavy atom. The van der Waals surface area contributed by atoms with Crippen LogP contribution in [0.1, 0.15) is 6.92 Å². The van der Waals surface area contributed by atoms with Crippen LogP contribution < -0.4 is 20.9 Å². The Hall–Kier alpha value is -3.95. The van der Waals surface area contributed by atoms with Gasteiger partial charge in [0.25, 0.3) is 5.91 Å². The van der Waals surface area contributed by atoms with Gasteiger partial charge in [-0.05, 0) is 55.5 Å². The highest BCUT2D eigenvalue weighted by atomic mass is 35.5. The molecule has 0 saturated heterocycles. The van der Waals surface area contributed by atoms with Gasteiger partial charge in [-0.3, -0.25) is 15.6 Å². The van der Waals surface area contributed by atoms with E-state index in [1.807, 2.05) is 66.1 Å². The standard InChI is InChI=1S/C25H21ClN6O2S/c1-2-34-21-10-6-4-8-18(21)29-25(35)31-30-22(33)14-32-20-9-5-3-7-16(20)23-24(32)28-17-12-11-15(26)13-19(17)27-23/h3-13H,2,14H2,1H3,(H,30,33)(H2,29,31,35). The first kappa shape index (κ1) is 22.8. The minimum Gasteiger partial charge on any atom is -0.492 e. The van der Waals surface area contributed by atoms with Crippen LogP contribution in [-0.2, 0) is 11.3 Å². The van der Waals surface area contributed by atoms with Gasteiger partial charge in [0.1, 0.15) is 17.8 Å². The van der Waals surface area contributed by atoms with E-state index in [1.165, 1.54) is 0 Å². The number of nitrogens with zero attached hydrogens (tertiary/aromatic N) is 3. The number of hydrogen-bond acceptors (Lipinski definition) is 5. The number of aromatic nitrogens is 3. The number of halogens is 1. The summed E-state index contributed by atoms with van der Waals surface area (Å²) < 4.78 is 7.43. The first-order chi connectivity index (χ1) is 17.0. The summed E-state index contributed by atoms with van der Waals surface area (Å²) in [6.45, 7) is 2.45. The summed E-state index contributed by atoms with van der Waals surface area (Å²) in [7, 11) is 0. The third kappa shape index (κ3) is 4.68. The first-order valence-corrected chi connectivity index (χ1v) is 11.7. The number of carbonyl (C=O) groups excluding carboxylic acids is 1. The highest BCUT2D eigenvalue weighted by Crippen LogP contribution is 2.29. The second kappa shape index (κ2) is 9.73. The van der Waals surface area contributed by atoms with Crippen molar-refractivity contribution in [3.8, 4) is 5.75 Å². The second-order valence-electron chi connectivity index (χ2n) is 7.69. The van der Waals surface area contributed by atoms with Gasteiger partial charge in [-0.25, -0.2) is 9.97 Å². The van der Waals surface area contributed by atoms with E-state index in [0.717, 1.165) is 10.9 Å². The van der Waals surface area contributed by atoms with Gasteiger partial charge < -0.3 is 14.6 Å². The average Bonchev–Trinajstić information content (AvgIpc) is 3.15. The molecule has 1 amide bonds. The van der Waals surface area contributed by atoms with Crippen LogP contribution in [0.3, 0.4) is 0 Å². The first-order valence-electron chi connectivity index (χ1n) is 11.0. The van der Waals surface area contributed by atoms with E-state index >= 15 is 0 Å². The number of ether oxygens (including phenoxy) is 1. The third-order valence-corrected chi connectivity index (χ3v) is 5.81. The number of fused-ring (bicyclic) bond motifs is 4. The largest absolute Gasteiger partial charge is 0.492 e. The van der Waals surface area contributed by atoms with Crippen LogP contribution in [0, 0.1) is 0 Å². The second-order valence-corrected chi connectivity index (χ2v) is 8.53. The van der Waals surface area contributed by atoms with Crippen LogP contribution in [0.2, 0.25) is 5.02 Å². The molecular formula is C25H21ClN6O2S. The summed E-state index contributed by atoms with van der Waals surface area (Å²) in [5, 5.41) is 4.76. The summed E-state index contributed by atoms with van der Waals surface area (Å²) in [6, 6.07) is 20.5. The number of anilines is 1. The zero-order valence-corrected chi connectivity index (χ0v) is 20.3. The lowest BCUT2D eigenvalue weighted by atomic mass is 10.2. The van der Waals surface area contributed by atoms with E-state index in [9.17, 15) is 4.79 Å². The van der Waals surface area contributed by atoms with Crippen molar-refractivity contribution in [2.45, 2.75) is 13.5 Å². The molecule has 176 valence electrons. The SMILES string of the molecule is CCOc1ccccc1NC(=S)NNC(=O)Cn1c2ccccc2c2nc3cc(Cl)ccc3nc21. The summed E-state index contributed by atoms with van der Waals surface area (Å²) in [5.74, 6) is 0.371. The molecule has 2 heterocycles. The number of amides is 1. The van der Waals surface area contributed by atoms with Crippen molar-refractivity contribution >= 4 is 73.6 Å². The normalized spacial score (nSPS) is 11.0. The maximum absolute atomic E-state index is 12.9. The quantitative estimate of drug-likeness (QED) is 0.234. The fraction of sp³-hybridized carbons (Fsp3) is 0.120. The summed E-state index contributed by atoms with van der Waals surface area (Å²) in [5.41, 5.74) is 9.66. The lowest BCUT2D eigenvalue weighted by Gasteiger charge is -2.15. The summed E-state index contributed by atoms with van der Waals surface area (Å²) >= 11 is 11.5. The predicted molar refractivity (Wildman–Crippen MR) is 143 cm³/mol. The van der Waals surface area contributed by atoms with Crippen molar-refractivity contribution in [3.63, 3.8) is 0 Å². The van der Waals surface area contributed by atoms with E-state index in [2.05, 4.69) is 16.2 Å². The Bertz CT molecular complexity index is 1590. The van der Waals surface area contributed by atoms with Crippen molar-refractivity contribution in [2.75, 3.05) is 11.9 Å². The van der Waals surface area contributed by atoms with Gasteiger partial charge in [-0.2, -0.15) is 0 Å². The van der Waals surface area contributed by atoms with Crippen LogP contribution >= 0.6 is 23.8 Å². The zero-order chi connectivity index (χ0) is 24.4. The van der Waals surface area contributed by atoms with Crippen molar-refractivity contribution in [1.82, 2.24) is 25.4 Å². The Morgan fingerprint density at radius 3 is 2.69 bits per heavy atom. The number of benzene rings is 3. The molecule has 0 aliphatic carbocycles. The van der Waals surface area contributed by atoms with Gasteiger partial charge in [0.05, 0.1) is 28.8 Å². The van der Waals surface area contributed by atoms with Crippen molar-refractivity contribution in [2.24, 2.45) is 0 Å². The summed E-state index contributed by atoms with van der Waals surface area (Å²) in [4.78, 5) is 22.4. The molecular weight excluding hydrogens is 484 g/mol. The van der Waals surface area contributed by atoms with E-state index in [0.29, 0.717) is 45.3 Å². The van der Waals surface area contributed by atoms with E-state index < -0.39 is 0 Å². The van der Waals surface area contributed by atoms with Crippen LogP contribution in [0.4, 0.5) is 5.69 Å². The number of hydrogen-bond donors (Lipinski definition) is 3. The highest BCUT2D eigenvalue weighted by Gasteiger charge is 2.17. The molecule has 35 heavy (non-hydrogen) atoms. The van der Waals surface area contributed by atoms with E-state index in [1.54, 1.807) is 12.1 Å². The molecule has 0 spiro atoms.